The first-order chi connectivity index (χ1) is 12.1. The molecule has 1 fully saturated rings. The molecule has 26 heavy (non-hydrogen) atoms. The van der Waals surface area contributed by atoms with Gasteiger partial charge in [0.15, 0.2) is 0 Å². The van der Waals surface area contributed by atoms with Crippen LogP contribution in [0.25, 0.3) is 0 Å². The first kappa shape index (κ1) is 21.3. The number of hydrogen-bond acceptors (Lipinski definition) is 4. The van der Waals surface area contributed by atoms with Gasteiger partial charge in [0, 0.05) is 25.7 Å². The van der Waals surface area contributed by atoms with E-state index in [1.807, 2.05) is 0 Å². The summed E-state index contributed by atoms with van der Waals surface area (Å²) in [5.41, 5.74) is 1.45. The monoisotopic (exact) mass is 403 g/mol. The lowest BCUT2D eigenvalue weighted by molar-refractivity contribution is 0.278. The molecule has 0 spiro atoms. The number of piperidine rings is 1. The van der Waals surface area contributed by atoms with Crippen LogP contribution in [-0.4, -0.2) is 40.3 Å². The number of hydrogen-bond donors (Lipinski definition) is 2. The van der Waals surface area contributed by atoms with Crippen molar-refractivity contribution in [2.24, 2.45) is 5.92 Å². The number of nitrogens with one attached hydrogen (secondary N) is 2. The van der Waals surface area contributed by atoms with Crippen molar-refractivity contribution in [1.29, 1.82) is 0 Å². The van der Waals surface area contributed by atoms with Crippen LogP contribution in [0.3, 0.4) is 0 Å². The summed E-state index contributed by atoms with van der Waals surface area (Å²) >= 11 is 0. The minimum absolute atomic E-state index is 0.0944. The highest BCUT2D eigenvalue weighted by Crippen LogP contribution is 2.18. The molecule has 1 aromatic carbocycles. The van der Waals surface area contributed by atoms with Gasteiger partial charge in [-0.15, -0.1) is 0 Å². The van der Waals surface area contributed by atoms with Gasteiger partial charge in [0.05, 0.1) is 5.75 Å². The average Bonchev–Trinajstić information content (AvgIpc) is 2.52. The number of sulfonamides is 1. The molecule has 0 aromatic heterocycles. The van der Waals surface area contributed by atoms with Crippen molar-refractivity contribution in [3.8, 4) is 0 Å². The third-order valence-corrected chi connectivity index (χ3v) is 7.28. The van der Waals surface area contributed by atoms with Gasteiger partial charge in [-0.3, -0.25) is 0 Å². The number of rotatable bonds is 8. The lowest BCUT2D eigenvalue weighted by Crippen LogP contribution is -2.45. The molecule has 0 bridgehead atoms. The topological polar surface area (TPSA) is 95.6 Å². The molecule has 0 saturated carbocycles. The van der Waals surface area contributed by atoms with Crippen LogP contribution in [-0.2, 0) is 32.5 Å². The van der Waals surface area contributed by atoms with Gasteiger partial charge in [-0.25, -0.2) is 13.1 Å². The fraction of sp³-hybridized carbons (Fsp3) is 0.647. The van der Waals surface area contributed by atoms with Crippen molar-refractivity contribution in [1.82, 2.24) is 13.7 Å². The molecule has 0 aliphatic carbocycles. The minimum atomic E-state index is -3.49. The summed E-state index contributed by atoms with van der Waals surface area (Å²) < 4.78 is 55.3. The predicted octanol–water partition coefficient (Wildman–Crippen LogP) is 1.58. The van der Waals surface area contributed by atoms with Crippen molar-refractivity contribution in [2.75, 3.05) is 13.1 Å². The van der Waals surface area contributed by atoms with Crippen molar-refractivity contribution >= 4 is 20.2 Å². The lowest BCUT2D eigenvalue weighted by Gasteiger charge is -2.30. The first-order valence-corrected chi connectivity index (χ1v) is 12.0. The summed E-state index contributed by atoms with van der Waals surface area (Å²) in [6.45, 7) is 6.90. The Kier molecular flexibility index (Phi) is 7.20. The molecule has 1 heterocycles. The maximum atomic E-state index is 12.4. The molecule has 1 aliphatic rings. The molecule has 7 nitrogen and oxygen atoms in total. The minimum Gasteiger partial charge on any atom is -0.212 e. The van der Waals surface area contributed by atoms with Gasteiger partial charge >= 0.3 is 0 Å². The Bertz CT molecular complexity index is 790. The largest absolute Gasteiger partial charge is 0.279 e. The lowest BCUT2D eigenvalue weighted by atomic mass is 10.0. The SMILES string of the molecule is CC1CCCN(S(=O)(=O)NCc2ccc(CS(=O)(=O)NC(C)C)cc2)C1. The molecule has 2 N–H and O–H groups in total. The Morgan fingerprint density at radius 2 is 1.73 bits per heavy atom. The number of benzene rings is 1. The second kappa shape index (κ2) is 8.79. The maximum Gasteiger partial charge on any atom is 0.279 e. The van der Waals surface area contributed by atoms with Crippen LogP contribution in [0, 0.1) is 5.92 Å². The predicted molar refractivity (Wildman–Crippen MR) is 103 cm³/mol. The molecular formula is C17H29N3O4S2. The summed E-state index contributed by atoms with van der Waals surface area (Å²) in [5.74, 6) is 0.282. The van der Waals surface area contributed by atoms with E-state index in [0.29, 0.717) is 24.6 Å². The van der Waals surface area contributed by atoms with Gasteiger partial charge in [0.25, 0.3) is 10.2 Å². The quantitative estimate of drug-likeness (QED) is 0.689. The van der Waals surface area contributed by atoms with Gasteiger partial charge in [-0.2, -0.15) is 17.4 Å². The zero-order chi connectivity index (χ0) is 19.4. The zero-order valence-corrected chi connectivity index (χ0v) is 17.2. The van der Waals surface area contributed by atoms with E-state index in [1.54, 1.807) is 38.1 Å². The molecule has 1 saturated heterocycles. The van der Waals surface area contributed by atoms with Gasteiger partial charge in [0.1, 0.15) is 0 Å². The van der Waals surface area contributed by atoms with E-state index in [2.05, 4.69) is 16.4 Å². The number of nitrogens with zero attached hydrogens (tertiary/aromatic N) is 1. The first-order valence-electron chi connectivity index (χ1n) is 8.90. The van der Waals surface area contributed by atoms with Crippen LogP contribution in [0.4, 0.5) is 0 Å². The molecule has 1 unspecified atom stereocenters. The smallest absolute Gasteiger partial charge is 0.212 e. The average molecular weight is 404 g/mol. The molecule has 1 atom stereocenters. The van der Waals surface area contributed by atoms with E-state index in [9.17, 15) is 16.8 Å². The molecule has 9 heteroatoms. The van der Waals surface area contributed by atoms with Gasteiger partial charge in [0.2, 0.25) is 10.0 Å². The standard InChI is InChI=1S/C17H29N3O4S2/c1-14(2)19-25(21,22)13-17-8-6-16(7-9-17)11-18-26(23,24)20-10-4-5-15(3)12-20/h6-9,14-15,18-19H,4-5,10-13H2,1-3H3. The molecule has 0 amide bonds. The van der Waals surface area contributed by atoms with E-state index < -0.39 is 20.2 Å². The van der Waals surface area contributed by atoms with Crippen molar-refractivity contribution < 1.29 is 16.8 Å². The van der Waals surface area contributed by atoms with E-state index in [0.717, 1.165) is 18.4 Å². The van der Waals surface area contributed by atoms with E-state index in [1.165, 1.54) is 4.31 Å². The van der Waals surface area contributed by atoms with Gasteiger partial charge in [-0.1, -0.05) is 31.2 Å². The van der Waals surface area contributed by atoms with Crippen molar-refractivity contribution in [2.45, 2.75) is 52.0 Å². The van der Waals surface area contributed by atoms with Crippen molar-refractivity contribution in [3.63, 3.8) is 0 Å². The zero-order valence-electron chi connectivity index (χ0n) is 15.6. The highest BCUT2D eigenvalue weighted by atomic mass is 32.2. The third-order valence-electron chi connectivity index (χ3n) is 4.21. The Morgan fingerprint density at radius 3 is 2.31 bits per heavy atom. The molecule has 148 valence electrons. The second-order valence-corrected chi connectivity index (χ2v) is 10.8. The summed E-state index contributed by atoms with van der Waals surface area (Å²) in [6.07, 6.45) is 1.94. The Labute approximate surface area is 157 Å². The van der Waals surface area contributed by atoms with E-state index in [4.69, 9.17) is 0 Å². The Balaban J connectivity index is 1.93. The Hall–Kier alpha value is -1.00. The molecule has 2 rings (SSSR count). The molecule has 1 aliphatic heterocycles. The van der Waals surface area contributed by atoms with Crippen molar-refractivity contribution in [3.05, 3.63) is 35.4 Å². The van der Waals surface area contributed by atoms with Crippen LogP contribution in [0.1, 0.15) is 44.7 Å². The fourth-order valence-electron chi connectivity index (χ4n) is 3.00. The van der Waals surface area contributed by atoms with Crippen LogP contribution in [0.15, 0.2) is 24.3 Å². The highest BCUT2D eigenvalue weighted by Gasteiger charge is 2.26. The summed E-state index contributed by atoms with van der Waals surface area (Å²) in [5, 5.41) is 0. The summed E-state index contributed by atoms with van der Waals surface area (Å²) in [6, 6.07) is 6.78. The maximum absolute atomic E-state index is 12.4. The molecule has 0 radical (unpaired) electrons. The Morgan fingerprint density at radius 1 is 1.12 bits per heavy atom. The van der Waals surface area contributed by atoms with Gasteiger partial charge in [-0.05, 0) is 43.7 Å². The van der Waals surface area contributed by atoms with E-state index >= 15 is 0 Å². The van der Waals surface area contributed by atoms with Crippen LogP contribution >= 0.6 is 0 Å². The second-order valence-electron chi connectivity index (χ2n) is 7.28. The summed E-state index contributed by atoms with van der Waals surface area (Å²) in [4.78, 5) is 0. The van der Waals surface area contributed by atoms with Crippen LogP contribution in [0.5, 0.6) is 0 Å². The normalized spacial score (nSPS) is 19.8. The highest BCUT2D eigenvalue weighted by molar-refractivity contribution is 7.88. The van der Waals surface area contributed by atoms with Gasteiger partial charge < -0.3 is 0 Å². The summed E-state index contributed by atoms with van der Waals surface area (Å²) in [7, 11) is -6.86. The third kappa shape index (κ3) is 6.62. The molecule has 1 aromatic rings. The van der Waals surface area contributed by atoms with E-state index in [-0.39, 0.29) is 18.3 Å². The van der Waals surface area contributed by atoms with Crippen LogP contribution in [0.2, 0.25) is 0 Å². The van der Waals surface area contributed by atoms with Crippen LogP contribution < -0.4 is 9.44 Å². The molecular weight excluding hydrogens is 374 g/mol. The fourth-order valence-corrected chi connectivity index (χ4v) is 5.79.